The second kappa shape index (κ2) is 10.3. The van der Waals surface area contributed by atoms with Crippen molar-refractivity contribution in [3.8, 4) is 23.0 Å². The predicted molar refractivity (Wildman–Crippen MR) is 120 cm³/mol. The molecule has 0 spiro atoms. The molecule has 9 heteroatoms. The van der Waals surface area contributed by atoms with Gasteiger partial charge in [-0.25, -0.2) is 20.2 Å². The van der Waals surface area contributed by atoms with Gasteiger partial charge < -0.3 is 18.9 Å². The minimum absolute atomic E-state index is 0.266. The number of hydrogen-bond acceptors (Lipinski definition) is 9. The summed E-state index contributed by atoms with van der Waals surface area (Å²) in [5.41, 5.74) is 5.58. The summed E-state index contributed by atoms with van der Waals surface area (Å²) in [5.74, 6) is 1.38. The molecule has 0 aliphatic carbocycles. The predicted octanol–water partition coefficient (Wildman–Crippen LogP) is 3.78. The molecular weight excluding hydrogens is 412 g/mol. The molecule has 2 aromatic carbocycles. The smallest absolute Gasteiger partial charge is 0.343 e. The van der Waals surface area contributed by atoms with Crippen molar-refractivity contribution in [2.24, 2.45) is 5.10 Å². The number of aryl methyl sites for hydroxylation is 2. The van der Waals surface area contributed by atoms with Crippen LogP contribution in [-0.4, -0.2) is 43.5 Å². The molecule has 3 rings (SSSR count). The number of anilines is 1. The molecule has 0 amide bonds. The van der Waals surface area contributed by atoms with Crippen molar-refractivity contribution in [2.75, 3.05) is 26.8 Å². The van der Waals surface area contributed by atoms with Gasteiger partial charge in [-0.2, -0.15) is 5.10 Å². The van der Waals surface area contributed by atoms with Gasteiger partial charge in [-0.05, 0) is 61.9 Å². The van der Waals surface area contributed by atoms with Crippen molar-refractivity contribution in [1.82, 2.24) is 9.97 Å². The van der Waals surface area contributed by atoms with Crippen molar-refractivity contribution in [1.29, 1.82) is 0 Å². The normalized spacial score (nSPS) is 10.7. The second-order valence-electron chi connectivity index (χ2n) is 6.72. The molecule has 0 fully saturated rings. The van der Waals surface area contributed by atoms with Crippen LogP contribution in [0.1, 0.15) is 27.3 Å². The van der Waals surface area contributed by atoms with E-state index in [4.69, 9.17) is 18.9 Å². The Morgan fingerprint density at radius 3 is 2.03 bits per heavy atom. The molecule has 0 aliphatic rings. The summed E-state index contributed by atoms with van der Waals surface area (Å²) in [4.78, 5) is 21.1. The molecule has 0 saturated heterocycles. The summed E-state index contributed by atoms with van der Waals surface area (Å²) >= 11 is 0. The molecule has 0 unspecified atom stereocenters. The fourth-order valence-corrected chi connectivity index (χ4v) is 2.93. The lowest BCUT2D eigenvalue weighted by molar-refractivity contribution is 0.0734. The minimum Gasteiger partial charge on any atom is -0.493 e. The van der Waals surface area contributed by atoms with Gasteiger partial charge in [0, 0.05) is 11.4 Å². The Balaban J connectivity index is 1.67. The number of benzene rings is 2. The largest absolute Gasteiger partial charge is 0.493 e. The van der Waals surface area contributed by atoms with E-state index in [9.17, 15) is 4.79 Å². The Morgan fingerprint density at radius 1 is 0.906 bits per heavy atom. The van der Waals surface area contributed by atoms with E-state index in [1.54, 1.807) is 30.5 Å². The molecule has 9 nitrogen and oxygen atoms in total. The molecule has 1 heterocycles. The van der Waals surface area contributed by atoms with E-state index >= 15 is 0 Å². The summed E-state index contributed by atoms with van der Waals surface area (Å²) < 4.78 is 21.3. The average molecular weight is 436 g/mol. The van der Waals surface area contributed by atoms with Gasteiger partial charge in [0.15, 0.2) is 11.5 Å². The van der Waals surface area contributed by atoms with E-state index in [-0.39, 0.29) is 5.56 Å². The van der Waals surface area contributed by atoms with Gasteiger partial charge in [0.1, 0.15) is 5.75 Å². The maximum absolute atomic E-state index is 12.6. The molecule has 0 saturated carbocycles. The van der Waals surface area contributed by atoms with E-state index in [1.807, 2.05) is 19.9 Å². The first-order chi connectivity index (χ1) is 15.4. The highest BCUT2D eigenvalue weighted by Gasteiger charge is 2.18. The maximum Gasteiger partial charge on any atom is 0.343 e. The van der Waals surface area contributed by atoms with Gasteiger partial charge in [0.05, 0.1) is 33.1 Å². The fraction of sp³-hybridized carbons (Fsp3) is 0.217. The van der Waals surface area contributed by atoms with Crippen LogP contribution in [0.2, 0.25) is 0 Å². The standard InChI is InChI=1S/C23H24N4O5/c1-14-10-15(2)26-23(25-14)27-24-13-16-6-8-18(9-7-16)32-22(28)17-11-19(29-3)21(31-5)20(12-17)30-4/h6-13H,1-5H3,(H,25,26,27)/b24-13-. The SMILES string of the molecule is COc1cc(C(=O)Oc2ccc(/C=N\Nc3nc(C)cc(C)n3)cc2)cc(OC)c1OC. The molecular formula is C23H24N4O5. The molecule has 1 aromatic heterocycles. The summed E-state index contributed by atoms with van der Waals surface area (Å²) in [7, 11) is 4.45. The number of nitrogens with zero attached hydrogens (tertiary/aromatic N) is 3. The zero-order valence-electron chi connectivity index (χ0n) is 18.5. The molecule has 0 atom stereocenters. The molecule has 0 aliphatic heterocycles. The fourth-order valence-electron chi connectivity index (χ4n) is 2.93. The third kappa shape index (κ3) is 5.51. The van der Waals surface area contributed by atoms with Crippen molar-refractivity contribution in [3.05, 3.63) is 65.0 Å². The highest BCUT2D eigenvalue weighted by atomic mass is 16.5. The van der Waals surface area contributed by atoms with Crippen LogP contribution < -0.4 is 24.4 Å². The third-order valence-corrected chi connectivity index (χ3v) is 4.35. The van der Waals surface area contributed by atoms with Gasteiger partial charge in [-0.1, -0.05) is 0 Å². The van der Waals surface area contributed by atoms with Gasteiger partial charge >= 0.3 is 5.97 Å². The monoisotopic (exact) mass is 436 g/mol. The number of rotatable bonds is 8. The van der Waals surface area contributed by atoms with Crippen LogP contribution in [0.15, 0.2) is 47.6 Å². The summed E-state index contributed by atoms with van der Waals surface area (Å²) in [6, 6.07) is 11.8. The molecule has 32 heavy (non-hydrogen) atoms. The van der Waals surface area contributed by atoms with Gasteiger partial charge in [-0.15, -0.1) is 0 Å². The van der Waals surface area contributed by atoms with Gasteiger partial charge in [0.25, 0.3) is 0 Å². The number of hydrogen-bond donors (Lipinski definition) is 1. The number of carbonyl (C=O) groups is 1. The quantitative estimate of drug-likeness (QED) is 0.246. The zero-order valence-corrected chi connectivity index (χ0v) is 18.5. The second-order valence-corrected chi connectivity index (χ2v) is 6.72. The Bertz CT molecular complexity index is 1080. The van der Waals surface area contributed by atoms with E-state index < -0.39 is 5.97 Å². The number of esters is 1. The van der Waals surface area contributed by atoms with Crippen molar-refractivity contribution in [2.45, 2.75) is 13.8 Å². The van der Waals surface area contributed by atoms with Crippen LogP contribution in [0.3, 0.4) is 0 Å². The highest BCUT2D eigenvalue weighted by molar-refractivity contribution is 5.93. The first-order valence-electron chi connectivity index (χ1n) is 9.67. The Hall–Kier alpha value is -4.14. The summed E-state index contributed by atoms with van der Waals surface area (Å²) in [6.07, 6.45) is 1.62. The van der Waals surface area contributed by atoms with Crippen LogP contribution in [0.25, 0.3) is 0 Å². The minimum atomic E-state index is -0.556. The van der Waals surface area contributed by atoms with Crippen molar-refractivity contribution in [3.63, 3.8) is 0 Å². The lowest BCUT2D eigenvalue weighted by Gasteiger charge is -2.13. The van der Waals surface area contributed by atoms with Gasteiger partial charge in [-0.3, -0.25) is 0 Å². The van der Waals surface area contributed by atoms with E-state index in [0.717, 1.165) is 17.0 Å². The first kappa shape index (κ1) is 22.5. The molecule has 0 radical (unpaired) electrons. The number of hydrazone groups is 1. The molecule has 1 N–H and O–H groups in total. The van der Waals surface area contributed by atoms with Crippen LogP contribution >= 0.6 is 0 Å². The topological polar surface area (TPSA) is 104 Å². The Kier molecular flexibility index (Phi) is 7.22. The Morgan fingerprint density at radius 2 is 1.50 bits per heavy atom. The van der Waals surface area contributed by atoms with Crippen LogP contribution in [0.4, 0.5) is 5.95 Å². The average Bonchev–Trinajstić information content (AvgIpc) is 2.78. The first-order valence-corrected chi connectivity index (χ1v) is 9.67. The van der Waals surface area contributed by atoms with E-state index in [1.165, 1.54) is 33.5 Å². The van der Waals surface area contributed by atoms with E-state index in [0.29, 0.717) is 28.9 Å². The lowest BCUT2D eigenvalue weighted by Crippen LogP contribution is -2.09. The van der Waals surface area contributed by atoms with Gasteiger partial charge in [0.2, 0.25) is 11.7 Å². The Labute approximate surface area is 186 Å². The van der Waals surface area contributed by atoms with Crippen molar-refractivity contribution >= 4 is 18.1 Å². The molecule has 3 aromatic rings. The number of nitrogens with one attached hydrogen (secondary N) is 1. The number of methoxy groups -OCH3 is 3. The third-order valence-electron chi connectivity index (χ3n) is 4.35. The lowest BCUT2D eigenvalue weighted by atomic mass is 10.2. The maximum atomic E-state index is 12.6. The van der Waals surface area contributed by atoms with Crippen LogP contribution in [0.5, 0.6) is 23.0 Å². The number of ether oxygens (including phenoxy) is 4. The highest BCUT2D eigenvalue weighted by Crippen LogP contribution is 2.38. The zero-order chi connectivity index (χ0) is 23.1. The number of carbonyl (C=O) groups excluding carboxylic acids is 1. The summed E-state index contributed by atoms with van der Waals surface area (Å²) in [5, 5.41) is 4.14. The van der Waals surface area contributed by atoms with Crippen molar-refractivity contribution < 1.29 is 23.7 Å². The van der Waals surface area contributed by atoms with Crippen LogP contribution in [0, 0.1) is 13.8 Å². The number of aromatic nitrogens is 2. The van der Waals surface area contributed by atoms with Crippen LogP contribution in [-0.2, 0) is 0 Å². The summed E-state index contributed by atoms with van der Waals surface area (Å²) in [6.45, 7) is 3.78. The molecule has 166 valence electrons. The van der Waals surface area contributed by atoms with E-state index in [2.05, 4.69) is 20.5 Å². The molecule has 0 bridgehead atoms.